The van der Waals surface area contributed by atoms with E-state index < -0.39 is 17.8 Å². The molecule has 172 valence electrons. The number of hydrogen-bond acceptors (Lipinski definition) is 5. The number of barbiturate groups is 1. The number of halogens is 1. The highest BCUT2D eigenvalue weighted by molar-refractivity contribution is 6.39. The Morgan fingerprint density at radius 1 is 1.00 bits per heavy atom. The SMILES string of the molecule is COc1ccc(/C=C2\C(=O)NC(=O)N(c3cccc(C)c3)C2=O)c(OCc2ccc(Cl)cc2)c1. The maximum Gasteiger partial charge on any atom is 0.335 e. The van der Waals surface area contributed by atoms with Crippen molar-refractivity contribution >= 4 is 41.2 Å². The monoisotopic (exact) mass is 476 g/mol. The lowest BCUT2D eigenvalue weighted by Gasteiger charge is -2.26. The molecule has 0 aromatic heterocycles. The van der Waals surface area contributed by atoms with Gasteiger partial charge in [-0.1, -0.05) is 35.9 Å². The van der Waals surface area contributed by atoms with Crippen LogP contribution in [0.15, 0.2) is 72.3 Å². The van der Waals surface area contributed by atoms with Crippen molar-refractivity contribution in [3.63, 3.8) is 0 Å². The number of anilines is 1. The number of carbonyl (C=O) groups excluding carboxylic acids is 3. The van der Waals surface area contributed by atoms with Crippen LogP contribution in [0.4, 0.5) is 10.5 Å². The number of imide groups is 2. The van der Waals surface area contributed by atoms with E-state index >= 15 is 0 Å². The number of methoxy groups -OCH3 is 1. The Hall–Kier alpha value is -4.10. The third-order valence-electron chi connectivity index (χ3n) is 5.19. The maximum atomic E-state index is 13.2. The zero-order valence-corrected chi connectivity index (χ0v) is 19.3. The molecule has 1 fully saturated rings. The van der Waals surface area contributed by atoms with Gasteiger partial charge in [0.2, 0.25) is 0 Å². The van der Waals surface area contributed by atoms with Gasteiger partial charge in [-0.3, -0.25) is 14.9 Å². The van der Waals surface area contributed by atoms with E-state index in [1.807, 2.05) is 25.1 Å². The summed E-state index contributed by atoms with van der Waals surface area (Å²) in [7, 11) is 1.53. The van der Waals surface area contributed by atoms with Crippen molar-refractivity contribution in [2.75, 3.05) is 12.0 Å². The molecule has 4 amide bonds. The van der Waals surface area contributed by atoms with E-state index in [1.54, 1.807) is 48.5 Å². The van der Waals surface area contributed by atoms with E-state index in [4.69, 9.17) is 21.1 Å². The molecule has 0 saturated carbocycles. The van der Waals surface area contributed by atoms with Crippen molar-refractivity contribution in [1.82, 2.24) is 5.32 Å². The zero-order chi connectivity index (χ0) is 24.2. The molecule has 3 aromatic rings. The largest absolute Gasteiger partial charge is 0.497 e. The smallest absolute Gasteiger partial charge is 0.335 e. The molecule has 0 aliphatic carbocycles. The zero-order valence-electron chi connectivity index (χ0n) is 18.5. The number of aryl methyl sites for hydroxylation is 1. The lowest BCUT2D eigenvalue weighted by Crippen LogP contribution is -2.54. The van der Waals surface area contributed by atoms with Crippen molar-refractivity contribution in [2.24, 2.45) is 0 Å². The summed E-state index contributed by atoms with van der Waals surface area (Å²) in [5, 5.41) is 2.85. The van der Waals surface area contributed by atoms with Gasteiger partial charge in [-0.15, -0.1) is 0 Å². The van der Waals surface area contributed by atoms with Gasteiger partial charge in [0.05, 0.1) is 12.8 Å². The third-order valence-corrected chi connectivity index (χ3v) is 5.44. The molecule has 0 unspecified atom stereocenters. The average molecular weight is 477 g/mol. The summed E-state index contributed by atoms with van der Waals surface area (Å²) >= 11 is 5.94. The van der Waals surface area contributed by atoms with Crippen molar-refractivity contribution in [1.29, 1.82) is 0 Å². The standard InChI is InChI=1S/C26H21ClN2O5/c1-16-4-3-5-20(12-16)29-25(31)22(24(30)28-26(29)32)13-18-8-11-21(33-2)14-23(18)34-15-17-6-9-19(27)10-7-17/h3-14H,15H2,1-2H3,(H,28,30,32)/b22-13+. The Kier molecular flexibility index (Phi) is 6.65. The molecule has 34 heavy (non-hydrogen) atoms. The fourth-order valence-corrected chi connectivity index (χ4v) is 3.57. The van der Waals surface area contributed by atoms with Crippen LogP contribution in [0, 0.1) is 6.92 Å². The normalized spacial score (nSPS) is 14.9. The van der Waals surface area contributed by atoms with Crippen LogP contribution in [-0.2, 0) is 16.2 Å². The molecule has 1 saturated heterocycles. The van der Waals surface area contributed by atoms with E-state index in [0.717, 1.165) is 16.0 Å². The molecule has 0 radical (unpaired) electrons. The highest BCUT2D eigenvalue weighted by atomic mass is 35.5. The van der Waals surface area contributed by atoms with Gasteiger partial charge < -0.3 is 9.47 Å². The molecule has 4 rings (SSSR count). The lowest BCUT2D eigenvalue weighted by molar-refractivity contribution is -0.122. The summed E-state index contributed by atoms with van der Waals surface area (Å²) < 4.78 is 11.3. The van der Waals surface area contributed by atoms with E-state index in [1.165, 1.54) is 13.2 Å². The molecule has 1 heterocycles. The van der Waals surface area contributed by atoms with Crippen molar-refractivity contribution < 1.29 is 23.9 Å². The Bertz CT molecular complexity index is 1300. The quantitative estimate of drug-likeness (QED) is 0.404. The molecule has 1 aliphatic rings. The predicted molar refractivity (Wildman–Crippen MR) is 129 cm³/mol. The van der Waals surface area contributed by atoms with Crippen LogP contribution in [-0.4, -0.2) is 25.0 Å². The predicted octanol–water partition coefficient (Wildman–Crippen LogP) is 4.90. The fraction of sp³-hybridized carbons (Fsp3) is 0.115. The molecule has 0 bridgehead atoms. The molecular weight excluding hydrogens is 456 g/mol. The first-order valence-electron chi connectivity index (χ1n) is 10.4. The molecule has 1 N–H and O–H groups in total. The number of hydrogen-bond donors (Lipinski definition) is 1. The van der Waals surface area contributed by atoms with Gasteiger partial charge in [0.25, 0.3) is 11.8 Å². The Balaban J connectivity index is 1.68. The number of amides is 4. The van der Waals surface area contributed by atoms with E-state index in [9.17, 15) is 14.4 Å². The number of carbonyl (C=O) groups is 3. The third kappa shape index (κ3) is 4.94. The van der Waals surface area contributed by atoms with E-state index in [-0.39, 0.29) is 12.2 Å². The summed E-state index contributed by atoms with van der Waals surface area (Å²) in [5.74, 6) is -0.553. The molecule has 3 aromatic carbocycles. The van der Waals surface area contributed by atoms with Crippen LogP contribution in [0.1, 0.15) is 16.7 Å². The Morgan fingerprint density at radius 3 is 2.47 bits per heavy atom. The van der Waals surface area contributed by atoms with Crippen LogP contribution < -0.4 is 19.7 Å². The van der Waals surface area contributed by atoms with Gasteiger partial charge in [-0.2, -0.15) is 0 Å². The Labute approximate surface area is 201 Å². The first-order valence-corrected chi connectivity index (χ1v) is 10.8. The summed E-state index contributed by atoms with van der Waals surface area (Å²) in [6.07, 6.45) is 1.41. The summed E-state index contributed by atoms with van der Waals surface area (Å²) in [5.41, 5.74) is 2.41. The van der Waals surface area contributed by atoms with Gasteiger partial charge >= 0.3 is 6.03 Å². The Morgan fingerprint density at radius 2 is 1.76 bits per heavy atom. The van der Waals surface area contributed by atoms with Crippen molar-refractivity contribution in [3.8, 4) is 11.5 Å². The van der Waals surface area contributed by atoms with Crippen LogP contribution in [0.2, 0.25) is 5.02 Å². The highest BCUT2D eigenvalue weighted by Crippen LogP contribution is 2.30. The van der Waals surface area contributed by atoms with Gasteiger partial charge in [0.1, 0.15) is 23.7 Å². The number of benzene rings is 3. The number of urea groups is 1. The number of nitrogens with one attached hydrogen (secondary N) is 1. The fourth-order valence-electron chi connectivity index (χ4n) is 3.44. The van der Waals surface area contributed by atoms with Gasteiger partial charge in [-0.05, 0) is 60.5 Å². The molecule has 8 heteroatoms. The minimum absolute atomic E-state index is 0.192. The van der Waals surface area contributed by atoms with Crippen LogP contribution in [0.25, 0.3) is 6.08 Å². The van der Waals surface area contributed by atoms with Gasteiger partial charge in [0.15, 0.2) is 0 Å². The summed E-state index contributed by atoms with van der Waals surface area (Å²) in [6.45, 7) is 2.08. The summed E-state index contributed by atoms with van der Waals surface area (Å²) in [4.78, 5) is 39.2. The second-order valence-corrected chi connectivity index (χ2v) is 8.05. The van der Waals surface area contributed by atoms with Gasteiger partial charge in [-0.25, -0.2) is 9.69 Å². The first kappa shape index (κ1) is 23.1. The average Bonchev–Trinajstić information content (AvgIpc) is 2.81. The van der Waals surface area contributed by atoms with Crippen LogP contribution in [0.3, 0.4) is 0 Å². The topological polar surface area (TPSA) is 84.9 Å². The number of nitrogens with zero attached hydrogens (tertiary/aromatic N) is 1. The molecular formula is C26H21ClN2O5. The highest BCUT2D eigenvalue weighted by Gasteiger charge is 2.37. The molecule has 0 atom stereocenters. The maximum absolute atomic E-state index is 13.2. The summed E-state index contributed by atoms with van der Waals surface area (Å²) in [6, 6.07) is 18.3. The van der Waals surface area contributed by atoms with E-state index in [0.29, 0.717) is 27.8 Å². The minimum Gasteiger partial charge on any atom is -0.497 e. The number of ether oxygens (including phenoxy) is 2. The van der Waals surface area contributed by atoms with Gasteiger partial charge in [0, 0.05) is 16.7 Å². The van der Waals surface area contributed by atoms with Crippen LogP contribution in [0.5, 0.6) is 11.5 Å². The second-order valence-electron chi connectivity index (χ2n) is 7.62. The molecule has 0 spiro atoms. The van der Waals surface area contributed by atoms with Crippen molar-refractivity contribution in [2.45, 2.75) is 13.5 Å². The van der Waals surface area contributed by atoms with Crippen LogP contribution >= 0.6 is 11.6 Å². The molecule has 1 aliphatic heterocycles. The van der Waals surface area contributed by atoms with E-state index in [2.05, 4.69) is 5.32 Å². The lowest BCUT2D eigenvalue weighted by atomic mass is 10.1. The second kappa shape index (κ2) is 9.80. The number of rotatable bonds is 6. The minimum atomic E-state index is -0.799. The molecule has 7 nitrogen and oxygen atoms in total. The van der Waals surface area contributed by atoms with Crippen molar-refractivity contribution in [3.05, 3.63) is 94.0 Å². The first-order chi connectivity index (χ1) is 16.4.